The molecule has 3 rings (SSSR count). The number of imidazole rings is 1. The van der Waals surface area contributed by atoms with Gasteiger partial charge in [0.1, 0.15) is 17.6 Å². The van der Waals surface area contributed by atoms with E-state index in [2.05, 4.69) is 4.98 Å². The van der Waals surface area contributed by atoms with Crippen molar-refractivity contribution >= 4 is 11.4 Å². The Kier molecular flexibility index (Phi) is 4.67. The van der Waals surface area contributed by atoms with Crippen molar-refractivity contribution < 1.29 is 10.0 Å². The highest BCUT2D eigenvalue weighted by atomic mass is 16.6. The zero-order valence-electron chi connectivity index (χ0n) is 13.9. The van der Waals surface area contributed by atoms with Gasteiger partial charge in [-0.1, -0.05) is 0 Å². The molecule has 8 nitrogen and oxygen atoms in total. The number of nitriles is 1. The van der Waals surface area contributed by atoms with E-state index in [0.29, 0.717) is 24.6 Å². The summed E-state index contributed by atoms with van der Waals surface area (Å²) in [4.78, 5) is 17.0. The largest absolute Gasteiger partial charge is 0.385 e. The van der Waals surface area contributed by atoms with Crippen LogP contribution in [0.15, 0.2) is 30.6 Å². The molecule has 1 aromatic carbocycles. The predicted octanol–water partition coefficient (Wildman–Crippen LogP) is 2.15. The van der Waals surface area contributed by atoms with E-state index in [1.165, 1.54) is 6.07 Å². The van der Waals surface area contributed by atoms with Crippen LogP contribution in [0.3, 0.4) is 0 Å². The number of nitro groups is 1. The van der Waals surface area contributed by atoms with Crippen molar-refractivity contribution in [1.82, 2.24) is 9.55 Å². The molecule has 0 radical (unpaired) electrons. The topological polar surface area (TPSA) is 108 Å². The van der Waals surface area contributed by atoms with Crippen molar-refractivity contribution in [1.29, 1.82) is 5.26 Å². The van der Waals surface area contributed by atoms with Crippen molar-refractivity contribution in [3.8, 4) is 6.07 Å². The molecule has 0 aliphatic carbocycles. The van der Waals surface area contributed by atoms with Crippen LogP contribution in [0.2, 0.25) is 0 Å². The molecule has 130 valence electrons. The number of nitro benzene ring substituents is 1. The molecule has 2 heterocycles. The van der Waals surface area contributed by atoms with Gasteiger partial charge in [0, 0.05) is 44.5 Å². The van der Waals surface area contributed by atoms with E-state index >= 15 is 0 Å². The molecule has 2 atom stereocenters. The molecular formula is C17H19N5O3. The van der Waals surface area contributed by atoms with Crippen LogP contribution in [-0.2, 0) is 7.05 Å². The number of hydrogen-bond donors (Lipinski definition) is 1. The fourth-order valence-corrected chi connectivity index (χ4v) is 3.37. The lowest BCUT2D eigenvalue weighted by atomic mass is 9.91. The summed E-state index contributed by atoms with van der Waals surface area (Å²) in [6.45, 7) is 1.18. The van der Waals surface area contributed by atoms with Gasteiger partial charge in [-0.15, -0.1) is 0 Å². The Labute approximate surface area is 145 Å². The van der Waals surface area contributed by atoms with Crippen LogP contribution in [0.4, 0.5) is 11.4 Å². The van der Waals surface area contributed by atoms with Crippen molar-refractivity contribution in [2.45, 2.75) is 18.9 Å². The van der Waals surface area contributed by atoms with Gasteiger partial charge in [0.05, 0.1) is 16.6 Å². The molecule has 1 aliphatic rings. The van der Waals surface area contributed by atoms with Gasteiger partial charge in [-0.3, -0.25) is 10.1 Å². The highest BCUT2D eigenvalue weighted by molar-refractivity contribution is 5.65. The second-order valence-corrected chi connectivity index (χ2v) is 6.26. The van der Waals surface area contributed by atoms with Crippen molar-refractivity contribution in [2.75, 3.05) is 18.0 Å². The number of aryl methyl sites for hydroxylation is 1. The summed E-state index contributed by atoms with van der Waals surface area (Å²) in [6.07, 6.45) is 4.35. The number of rotatable bonds is 4. The fraction of sp³-hybridized carbons (Fsp3) is 0.412. The average Bonchev–Trinajstić information content (AvgIpc) is 3.06. The van der Waals surface area contributed by atoms with Gasteiger partial charge >= 0.3 is 0 Å². The van der Waals surface area contributed by atoms with Crippen molar-refractivity contribution in [3.63, 3.8) is 0 Å². The van der Waals surface area contributed by atoms with Crippen molar-refractivity contribution in [3.05, 3.63) is 52.1 Å². The molecule has 2 aromatic rings. The highest BCUT2D eigenvalue weighted by Gasteiger charge is 2.31. The number of anilines is 1. The first-order valence-electron chi connectivity index (χ1n) is 8.10. The summed E-state index contributed by atoms with van der Waals surface area (Å²) in [5.41, 5.74) is 0.670. The van der Waals surface area contributed by atoms with Gasteiger partial charge in [0.2, 0.25) is 0 Å². The molecule has 0 spiro atoms. The Balaban J connectivity index is 1.86. The Bertz CT molecular complexity index is 826. The van der Waals surface area contributed by atoms with Gasteiger partial charge in [0.15, 0.2) is 0 Å². The van der Waals surface area contributed by atoms with Crippen LogP contribution in [0.5, 0.6) is 0 Å². The van der Waals surface area contributed by atoms with E-state index in [0.717, 1.165) is 12.8 Å². The van der Waals surface area contributed by atoms with E-state index in [4.69, 9.17) is 5.26 Å². The number of aliphatic hydroxyl groups is 1. The molecule has 0 amide bonds. The maximum absolute atomic E-state index is 11.4. The van der Waals surface area contributed by atoms with Crippen LogP contribution >= 0.6 is 0 Å². The Morgan fingerprint density at radius 1 is 1.52 bits per heavy atom. The molecule has 0 bridgehead atoms. The summed E-state index contributed by atoms with van der Waals surface area (Å²) in [7, 11) is 1.83. The minimum Gasteiger partial charge on any atom is -0.385 e. The Morgan fingerprint density at radius 3 is 2.96 bits per heavy atom. The standard InChI is InChI=1S/C17H19N5O3/c1-20-8-6-19-17(20)16(23)13-3-2-7-21(11-13)14-5-4-12(10-18)9-15(14)22(24)25/h4-6,8-9,13,16,23H,2-3,7,11H2,1H3. The number of piperidine rings is 1. The predicted molar refractivity (Wildman–Crippen MR) is 90.9 cm³/mol. The first-order chi connectivity index (χ1) is 12.0. The summed E-state index contributed by atoms with van der Waals surface area (Å²) in [5.74, 6) is 0.534. The quantitative estimate of drug-likeness (QED) is 0.674. The second-order valence-electron chi connectivity index (χ2n) is 6.26. The molecule has 0 saturated carbocycles. The molecule has 2 unspecified atom stereocenters. The normalized spacial score (nSPS) is 18.6. The molecular weight excluding hydrogens is 322 g/mol. The third-order valence-electron chi connectivity index (χ3n) is 4.67. The number of aliphatic hydroxyl groups excluding tert-OH is 1. The molecule has 1 aromatic heterocycles. The average molecular weight is 341 g/mol. The first kappa shape index (κ1) is 16.9. The van der Waals surface area contributed by atoms with E-state index in [1.807, 2.05) is 18.0 Å². The van der Waals surface area contributed by atoms with Gasteiger partial charge in [0.25, 0.3) is 5.69 Å². The van der Waals surface area contributed by atoms with E-state index in [-0.39, 0.29) is 17.2 Å². The monoisotopic (exact) mass is 341 g/mol. The molecule has 1 saturated heterocycles. The van der Waals surface area contributed by atoms with Crippen LogP contribution in [-0.4, -0.2) is 32.7 Å². The number of hydrogen-bond acceptors (Lipinski definition) is 6. The Morgan fingerprint density at radius 2 is 2.32 bits per heavy atom. The second kappa shape index (κ2) is 6.91. The van der Waals surface area contributed by atoms with E-state index < -0.39 is 11.0 Å². The minimum atomic E-state index is -0.722. The molecule has 1 N–H and O–H groups in total. The number of benzene rings is 1. The lowest BCUT2D eigenvalue weighted by Crippen LogP contribution is -2.38. The maximum Gasteiger partial charge on any atom is 0.293 e. The summed E-state index contributed by atoms with van der Waals surface area (Å²) < 4.78 is 1.79. The van der Waals surface area contributed by atoms with Gasteiger partial charge < -0.3 is 14.6 Å². The number of aromatic nitrogens is 2. The lowest BCUT2D eigenvalue weighted by Gasteiger charge is -2.36. The minimum absolute atomic E-state index is 0.0647. The summed E-state index contributed by atoms with van der Waals surface area (Å²) >= 11 is 0. The molecule has 25 heavy (non-hydrogen) atoms. The van der Waals surface area contributed by atoms with Gasteiger partial charge in [-0.25, -0.2) is 4.98 Å². The smallest absolute Gasteiger partial charge is 0.293 e. The summed E-state index contributed by atoms with van der Waals surface area (Å²) in [5, 5.41) is 31.0. The zero-order chi connectivity index (χ0) is 18.0. The SMILES string of the molecule is Cn1ccnc1C(O)C1CCCN(c2ccc(C#N)cc2[N+](=O)[O-])C1. The molecule has 1 aliphatic heterocycles. The molecule has 1 fully saturated rings. The number of nitrogens with zero attached hydrogens (tertiary/aromatic N) is 5. The molecule has 8 heteroatoms. The van der Waals surface area contributed by atoms with E-state index in [1.54, 1.807) is 29.1 Å². The third-order valence-corrected chi connectivity index (χ3v) is 4.67. The summed E-state index contributed by atoms with van der Waals surface area (Å²) in [6, 6.07) is 6.43. The zero-order valence-corrected chi connectivity index (χ0v) is 13.9. The van der Waals surface area contributed by atoms with Gasteiger partial charge in [-0.05, 0) is 25.0 Å². The Hall–Kier alpha value is -2.92. The van der Waals surface area contributed by atoms with Crippen LogP contribution in [0.25, 0.3) is 0 Å². The van der Waals surface area contributed by atoms with Crippen molar-refractivity contribution in [2.24, 2.45) is 13.0 Å². The van der Waals surface area contributed by atoms with E-state index in [9.17, 15) is 15.2 Å². The maximum atomic E-state index is 11.4. The van der Waals surface area contributed by atoms with Gasteiger partial charge in [-0.2, -0.15) is 5.26 Å². The highest BCUT2D eigenvalue weighted by Crippen LogP contribution is 2.35. The first-order valence-corrected chi connectivity index (χ1v) is 8.10. The lowest BCUT2D eigenvalue weighted by molar-refractivity contribution is -0.384. The third kappa shape index (κ3) is 3.32. The van der Waals surface area contributed by atoms with Crippen LogP contribution in [0, 0.1) is 27.4 Å². The van der Waals surface area contributed by atoms with Crippen LogP contribution < -0.4 is 4.90 Å². The fourth-order valence-electron chi connectivity index (χ4n) is 3.37. The van der Waals surface area contributed by atoms with Crippen LogP contribution in [0.1, 0.15) is 30.3 Å².